The van der Waals surface area contributed by atoms with Gasteiger partial charge in [0.15, 0.2) is 0 Å². The molecule has 1 aromatic carbocycles. The molecule has 0 amide bonds. The maximum Gasteiger partial charge on any atom is 0.129 e. The van der Waals surface area contributed by atoms with Crippen LogP contribution in [0.15, 0.2) is 24.3 Å². The van der Waals surface area contributed by atoms with Crippen molar-refractivity contribution in [1.29, 1.82) is 0 Å². The summed E-state index contributed by atoms with van der Waals surface area (Å²) >= 11 is 0. The van der Waals surface area contributed by atoms with Gasteiger partial charge in [-0.05, 0) is 19.1 Å². The lowest BCUT2D eigenvalue weighted by atomic mass is 9.98. The van der Waals surface area contributed by atoms with Crippen molar-refractivity contribution < 1.29 is 0 Å². The smallest absolute Gasteiger partial charge is 0.129 e. The third kappa shape index (κ3) is 3.05. The Morgan fingerprint density at radius 1 is 1.11 bits per heavy atom. The van der Waals surface area contributed by atoms with Gasteiger partial charge in [-0.15, -0.1) is 5.54 Å². The third-order valence-corrected chi connectivity index (χ3v) is 3.63. The van der Waals surface area contributed by atoms with E-state index in [1.807, 2.05) is 0 Å². The Hall–Kier alpha value is -1.46. The summed E-state index contributed by atoms with van der Waals surface area (Å²) in [6.07, 6.45) is 2.27. The zero-order chi connectivity index (χ0) is 13.4. The highest BCUT2D eigenvalue weighted by atomic mass is 28.3. The quantitative estimate of drug-likeness (QED) is 0.551. The molecule has 0 saturated carbocycles. The second-order valence-electron chi connectivity index (χ2n) is 6.45. The van der Waals surface area contributed by atoms with Crippen LogP contribution in [0.5, 0.6) is 0 Å². The van der Waals surface area contributed by atoms with Crippen molar-refractivity contribution in [3.63, 3.8) is 0 Å². The van der Waals surface area contributed by atoms with Gasteiger partial charge in [-0.2, -0.15) is 0 Å². The molecule has 94 valence electrons. The van der Waals surface area contributed by atoms with Crippen molar-refractivity contribution in [2.75, 3.05) is 0 Å². The third-order valence-electron chi connectivity index (χ3n) is 2.76. The molecule has 0 unspecified atom stereocenters. The lowest BCUT2D eigenvalue weighted by molar-refractivity contribution is 0.593. The van der Waals surface area contributed by atoms with E-state index in [1.165, 1.54) is 10.4 Å². The average molecular weight is 255 g/mol. The summed E-state index contributed by atoms with van der Waals surface area (Å²) in [5.74, 6) is 3.37. The van der Waals surface area contributed by atoms with Crippen molar-refractivity contribution in [3.8, 4) is 11.5 Å². The monoisotopic (exact) mass is 255 g/mol. The molecule has 0 spiro atoms. The highest BCUT2D eigenvalue weighted by Gasteiger charge is 2.18. The number of hydrogen-bond acceptors (Lipinski definition) is 1. The fraction of sp³-hybridized carbons (Fsp3) is 0.375. The first-order chi connectivity index (χ1) is 8.27. The van der Waals surface area contributed by atoms with Crippen LogP contribution in [0, 0.1) is 11.5 Å². The lowest BCUT2D eigenvalue weighted by Gasteiger charge is -2.27. The highest BCUT2D eigenvalue weighted by molar-refractivity contribution is 6.84. The molecule has 1 aliphatic rings. The standard InChI is InChI=1S/C16H21NSi/c1-16(2)12-13-8-6-7-9-14(13)15(17-16)10-11-18(3,4)5/h6-9,12,17H,1-5H3. The molecule has 0 atom stereocenters. The van der Waals surface area contributed by atoms with Crippen LogP contribution in [0.4, 0.5) is 0 Å². The lowest BCUT2D eigenvalue weighted by Crippen LogP contribution is -2.47. The van der Waals surface area contributed by atoms with E-state index in [9.17, 15) is 0 Å². The number of benzene rings is 1. The fourth-order valence-electron chi connectivity index (χ4n) is 2.01. The van der Waals surface area contributed by atoms with Crippen molar-refractivity contribution >= 4 is 19.8 Å². The van der Waals surface area contributed by atoms with E-state index in [1.54, 1.807) is 0 Å². The number of rotatable bonds is 0. The summed E-state index contributed by atoms with van der Waals surface area (Å²) in [4.78, 5) is 0. The van der Waals surface area contributed by atoms with Crippen molar-refractivity contribution in [2.24, 2.45) is 0 Å². The summed E-state index contributed by atoms with van der Waals surface area (Å²) in [5, 5.41) is 6.03. The van der Waals surface area contributed by atoms with E-state index in [-0.39, 0.29) is 5.54 Å². The van der Waals surface area contributed by atoms with Gasteiger partial charge in [0.25, 0.3) is 0 Å². The topological polar surface area (TPSA) is 12.0 Å². The molecule has 1 N–H and O–H groups in total. The molecular formula is C16H21NSi. The van der Waals surface area contributed by atoms with Crippen molar-refractivity contribution in [1.82, 2.24) is 5.32 Å². The number of nitrogens with one attached hydrogen (secondary N) is 1. The van der Waals surface area contributed by atoms with Gasteiger partial charge in [0.05, 0.1) is 11.2 Å². The van der Waals surface area contributed by atoms with Crippen LogP contribution < -0.4 is 15.8 Å². The maximum absolute atomic E-state index is 3.53. The molecule has 0 aromatic heterocycles. The Morgan fingerprint density at radius 3 is 2.44 bits per heavy atom. The van der Waals surface area contributed by atoms with Crippen LogP contribution in [-0.2, 0) is 0 Å². The zero-order valence-corrected chi connectivity index (χ0v) is 12.9. The largest absolute Gasteiger partial charge is 0.369 e. The van der Waals surface area contributed by atoms with E-state index in [0.29, 0.717) is 0 Å². The van der Waals surface area contributed by atoms with Gasteiger partial charge in [0.2, 0.25) is 0 Å². The molecule has 0 bridgehead atoms. The average Bonchev–Trinajstić information content (AvgIpc) is 2.23. The Morgan fingerprint density at radius 2 is 1.78 bits per heavy atom. The van der Waals surface area contributed by atoms with Gasteiger partial charge in [-0.1, -0.05) is 55.9 Å². The van der Waals surface area contributed by atoms with E-state index in [0.717, 1.165) is 5.70 Å². The summed E-state index contributed by atoms with van der Waals surface area (Å²) in [6, 6.07) is 8.46. The minimum Gasteiger partial charge on any atom is -0.369 e. The Labute approximate surface area is 111 Å². The minimum absolute atomic E-state index is 0.0300. The van der Waals surface area contributed by atoms with Crippen LogP contribution in [0.25, 0.3) is 11.8 Å². The minimum atomic E-state index is -1.34. The van der Waals surface area contributed by atoms with E-state index in [4.69, 9.17) is 0 Å². The van der Waals surface area contributed by atoms with Gasteiger partial charge in [0.1, 0.15) is 8.07 Å². The fourth-order valence-corrected chi connectivity index (χ4v) is 2.51. The van der Waals surface area contributed by atoms with Crippen LogP contribution in [0.3, 0.4) is 0 Å². The predicted octanol–water partition coefficient (Wildman–Crippen LogP) is 1.84. The highest BCUT2D eigenvalue weighted by Crippen LogP contribution is 2.09. The van der Waals surface area contributed by atoms with E-state index >= 15 is 0 Å². The first-order valence-corrected chi connectivity index (χ1v) is 9.90. The number of hydrogen-bond donors (Lipinski definition) is 1. The maximum atomic E-state index is 3.53. The summed E-state index contributed by atoms with van der Waals surface area (Å²) in [5.41, 5.74) is 4.49. The normalized spacial score (nSPS) is 16.8. The van der Waals surface area contributed by atoms with Gasteiger partial charge in [0, 0.05) is 5.22 Å². The van der Waals surface area contributed by atoms with Gasteiger partial charge < -0.3 is 5.32 Å². The molecule has 1 aliphatic heterocycles. The first kappa shape index (κ1) is 13.0. The molecule has 0 saturated heterocycles. The molecule has 2 heteroatoms. The van der Waals surface area contributed by atoms with Crippen LogP contribution in [0.1, 0.15) is 13.8 Å². The molecule has 0 aliphatic carbocycles. The summed E-state index contributed by atoms with van der Waals surface area (Å²) < 4.78 is 0. The summed E-state index contributed by atoms with van der Waals surface area (Å²) in [6.45, 7) is 11.2. The van der Waals surface area contributed by atoms with Crippen LogP contribution >= 0.6 is 0 Å². The SMILES string of the molecule is CC1(C)C=c2ccccc2=C(C#C[Si](C)(C)C)N1. The zero-order valence-electron chi connectivity index (χ0n) is 11.9. The molecular weight excluding hydrogens is 234 g/mol. The molecule has 2 rings (SSSR count). The Balaban J connectivity index is 2.65. The number of fused-ring (bicyclic) bond motifs is 1. The summed E-state index contributed by atoms with van der Waals surface area (Å²) in [7, 11) is -1.34. The van der Waals surface area contributed by atoms with Crippen LogP contribution in [-0.4, -0.2) is 13.6 Å². The molecule has 1 aromatic rings. The molecule has 1 heterocycles. The predicted molar refractivity (Wildman–Crippen MR) is 81.9 cm³/mol. The molecule has 0 fully saturated rings. The van der Waals surface area contributed by atoms with Gasteiger partial charge in [-0.25, -0.2) is 0 Å². The van der Waals surface area contributed by atoms with Gasteiger partial charge >= 0.3 is 0 Å². The second-order valence-corrected chi connectivity index (χ2v) is 11.2. The second kappa shape index (κ2) is 4.33. The van der Waals surface area contributed by atoms with E-state index in [2.05, 4.69) is 80.6 Å². The van der Waals surface area contributed by atoms with E-state index < -0.39 is 8.07 Å². The Kier molecular flexibility index (Phi) is 3.12. The Bertz CT molecular complexity index is 636. The van der Waals surface area contributed by atoms with Crippen molar-refractivity contribution in [2.45, 2.75) is 39.0 Å². The van der Waals surface area contributed by atoms with Gasteiger partial charge in [-0.3, -0.25) is 0 Å². The molecule has 0 radical (unpaired) electrons. The van der Waals surface area contributed by atoms with Crippen LogP contribution in [0.2, 0.25) is 19.6 Å². The molecule has 18 heavy (non-hydrogen) atoms. The van der Waals surface area contributed by atoms with Crippen molar-refractivity contribution in [3.05, 3.63) is 34.7 Å². The first-order valence-electron chi connectivity index (χ1n) is 6.40. The molecule has 1 nitrogen and oxygen atoms in total.